The van der Waals surface area contributed by atoms with Crippen molar-refractivity contribution >= 4 is 23.6 Å². The molecule has 11 heteroatoms. The fraction of sp³-hybridized carbons (Fsp3) is 0.533. The Morgan fingerprint density at radius 3 is 2.20 bits per heavy atom. The summed E-state index contributed by atoms with van der Waals surface area (Å²) < 4.78 is 28.4. The van der Waals surface area contributed by atoms with Crippen molar-refractivity contribution in [1.29, 1.82) is 0 Å². The van der Waals surface area contributed by atoms with Crippen molar-refractivity contribution in [3.8, 4) is 0 Å². The zero-order chi connectivity index (χ0) is 30.9. The minimum Gasteiger partial charge on any atom is -0.439 e. The second kappa shape index (κ2) is 15.6. The second-order valence-electron chi connectivity index (χ2n) is 10.2. The molecule has 1 aliphatic heterocycles. The van der Waals surface area contributed by atoms with Gasteiger partial charge in [-0.05, 0) is 37.8 Å². The van der Waals surface area contributed by atoms with Gasteiger partial charge in [-0.25, -0.2) is 4.79 Å². The number of primary amides is 1. The van der Waals surface area contributed by atoms with Gasteiger partial charge >= 0.3 is 6.09 Å². The van der Waals surface area contributed by atoms with E-state index in [4.69, 9.17) is 29.4 Å². The first-order valence-corrected chi connectivity index (χ1v) is 13.3. The number of nitrogens with one attached hydrogen (secondary N) is 1. The lowest BCUT2D eigenvalue weighted by Gasteiger charge is -2.34. The van der Waals surface area contributed by atoms with Crippen LogP contribution < -0.4 is 11.1 Å². The van der Waals surface area contributed by atoms with E-state index in [-0.39, 0.29) is 28.7 Å². The third-order valence-corrected chi connectivity index (χ3v) is 7.27. The van der Waals surface area contributed by atoms with Gasteiger partial charge in [0.2, 0.25) is 5.78 Å². The van der Waals surface area contributed by atoms with Crippen molar-refractivity contribution in [3.05, 3.63) is 58.9 Å². The van der Waals surface area contributed by atoms with Crippen molar-refractivity contribution in [2.45, 2.75) is 64.6 Å². The lowest BCUT2D eigenvalue weighted by molar-refractivity contribution is -0.120. The maximum Gasteiger partial charge on any atom is 0.405 e. The summed E-state index contributed by atoms with van der Waals surface area (Å²) in [6, 6.07) is 0. The number of ketones is 2. The quantitative estimate of drug-likeness (QED) is 0.373. The third-order valence-electron chi connectivity index (χ3n) is 7.27. The van der Waals surface area contributed by atoms with E-state index in [0.717, 1.165) is 6.08 Å². The summed E-state index contributed by atoms with van der Waals surface area (Å²) in [7, 11) is 6.05. The van der Waals surface area contributed by atoms with Crippen molar-refractivity contribution < 1.29 is 42.9 Å². The average molecular weight is 575 g/mol. The van der Waals surface area contributed by atoms with Gasteiger partial charge in [0.15, 0.2) is 11.9 Å². The molecule has 0 aromatic carbocycles. The van der Waals surface area contributed by atoms with Crippen LogP contribution in [0, 0.1) is 11.8 Å². The van der Waals surface area contributed by atoms with Crippen LogP contribution in [0.4, 0.5) is 4.79 Å². The highest BCUT2D eigenvalue weighted by Gasteiger charge is 2.36. The Morgan fingerprint density at radius 1 is 0.951 bits per heavy atom. The van der Waals surface area contributed by atoms with Gasteiger partial charge in [0, 0.05) is 51.6 Å². The molecule has 0 fully saturated rings. The van der Waals surface area contributed by atoms with Crippen LogP contribution in [-0.4, -0.2) is 82.5 Å². The maximum absolute atomic E-state index is 13.4. The molecule has 1 aliphatic carbocycles. The summed E-state index contributed by atoms with van der Waals surface area (Å²) >= 11 is 0. The van der Waals surface area contributed by atoms with Crippen LogP contribution in [0.5, 0.6) is 0 Å². The summed E-state index contributed by atoms with van der Waals surface area (Å²) in [4.78, 5) is 50.6. The molecule has 0 aromatic rings. The lowest BCUT2D eigenvalue weighted by Crippen LogP contribution is -2.41. The van der Waals surface area contributed by atoms with Crippen LogP contribution in [0.15, 0.2) is 58.9 Å². The molecule has 41 heavy (non-hydrogen) atoms. The summed E-state index contributed by atoms with van der Waals surface area (Å²) in [6.45, 7) is 7.17. The van der Waals surface area contributed by atoms with E-state index >= 15 is 0 Å². The van der Waals surface area contributed by atoms with Gasteiger partial charge < -0.3 is 34.7 Å². The molecule has 0 aromatic heterocycles. The summed E-state index contributed by atoms with van der Waals surface area (Å²) in [5.74, 6) is -2.04. The molecular weight excluding hydrogens is 532 g/mol. The number of fused-ring (bicyclic) bond motifs is 2. The van der Waals surface area contributed by atoms with Gasteiger partial charge in [0.05, 0.1) is 24.0 Å². The number of methoxy groups -OCH3 is 4. The van der Waals surface area contributed by atoms with Crippen molar-refractivity contribution in [3.63, 3.8) is 0 Å². The molecule has 2 aliphatic rings. The molecular formula is C30H42N2O9. The molecule has 2 amide bonds. The maximum atomic E-state index is 13.4. The molecule has 2 rings (SSSR count). The van der Waals surface area contributed by atoms with Crippen molar-refractivity contribution in [2.24, 2.45) is 17.6 Å². The smallest absolute Gasteiger partial charge is 0.405 e. The fourth-order valence-corrected chi connectivity index (χ4v) is 5.21. The molecule has 226 valence electrons. The molecule has 0 spiro atoms. The minimum atomic E-state index is -0.972. The van der Waals surface area contributed by atoms with Crippen molar-refractivity contribution in [1.82, 2.24) is 5.32 Å². The average Bonchev–Trinajstić information content (AvgIpc) is 2.91. The van der Waals surface area contributed by atoms with Gasteiger partial charge in [0.1, 0.15) is 6.10 Å². The standard InChI is InChI=1S/C30H42N2O9/c1-16-10-9-11-23(37-5)28(41-30(31)36)18(3)12-17(2)27(40-8)24(38-6)13-19(4)26(39-7)21-14-20(33)15-22(25(21)34)32-29(16)35/h9-12,14-15,17,19,23-24,26-28H,13H2,1-8H3,(H2,31,36)(H,32,35)/b11-9+,16-10-,18-12+/t17-,19-,23+,24+,26-,27+,28+/m1/s1. The van der Waals surface area contributed by atoms with E-state index in [1.807, 2.05) is 19.9 Å². The number of Topliss-reactive ketones (excluding diaryl/α,β-unsaturated/α-hetero) is 1. The number of carbonyl (C=O) groups excluding carboxylic acids is 4. The Hall–Kier alpha value is -3.38. The number of ether oxygens (including phenoxy) is 5. The number of nitrogens with two attached hydrogens (primary N) is 1. The van der Waals surface area contributed by atoms with E-state index in [2.05, 4.69) is 5.32 Å². The minimum absolute atomic E-state index is 0.141. The van der Waals surface area contributed by atoms with Crippen LogP contribution in [0.3, 0.4) is 0 Å². The second-order valence-corrected chi connectivity index (χ2v) is 10.2. The number of allylic oxidation sites excluding steroid dienone is 5. The van der Waals surface area contributed by atoms with Crippen LogP contribution >= 0.6 is 0 Å². The fourth-order valence-electron chi connectivity index (χ4n) is 5.21. The molecule has 1 heterocycles. The van der Waals surface area contributed by atoms with Gasteiger partial charge in [-0.2, -0.15) is 0 Å². The van der Waals surface area contributed by atoms with E-state index in [0.29, 0.717) is 12.0 Å². The number of rotatable bonds is 5. The van der Waals surface area contributed by atoms with Crippen LogP contribution in [0.2, 0.25) is 0 Å². The highest BCUT2D eigenvalue weighted by molar-refractivity contribution is 6.22. The Labute approximate surface area is 241 Å². The van der Waals surface area contributed by atoms with Gasteiger partial charge in [-0.1, -0.05) is 38.2 Å². The largest absolute Gasteiger partial charge is 0.439 e. The molecule has 0 saturated carbocycles. The summed E-state index contributed by atoms with van der Waals surface area (Å²) in [5, 5.41) is 2.54. The first-order chi connectivity index (χ1) is 19.4. The zero-order valence-corrected chi connectivity index (χ0v) is 25.0. The molecule has 3 N–H and O–H groups in total. The highest BCUT2D eigenvalue weighted by Crippen LogP contribution is 2.30. The number of hydrogen-bond acceptors (Lipinski definition) is 9. The third kappa shape index (κ3) is 8.80. The Kier molecular flexibility index (Phi) is 12.8. The van der Waals surface area contributed by atoms with Crippen LogP contribution in [-0.2, 0) is 38.1 Å². The predicted molar refractivity (Wildman–Crippen MR) is 152 cm³/mol. The monoisotopic (exact) mass is 574 g/mol. The molecule has 7 atom stereocenters. The topological polar surface area (TPSA) is 152 Å². The normalized spacial score (nSPS) is 33.9. The van der Waals surface area contributed by atoms with Crippen molar-refractivity contribution in [2.75, 3.05) is 28.4 Å². The molecule has 0 unspecified atom stereocenters. The molecule has 2 bridgehead atoms. The Bertz CT molecular complexity index is 1150. The van der Waals surface area contributed by atoms with Crippen LogP contribution in [0.1, 0.15) is 34.1 Å². The van der Waals surface area contributed by atoms with E-state index in [9.17, 15) is 19.2 Å². The number of hydrogen-bond donors (Lipinski definition) is 2. The summed E-state index contributed by atoms with van der Waals surface area (Å²) in [6.07, 6.45) is 5.11. The Morgan fingerprint density at radius 2 is 1.63 bits per heavy atom. The zero-order valence-electron chi connectivity index (χ0n) is 25.0. The van der Waals surface area contributed by atoms with E-state index in [1.165, 1.54) is 26.4 Å². The Balaban J connectivity index is 2.66. The first-order valence-electron chi connectivity index (χ1n) is 13.3. The van der Waals surface area contributed by atoms with Gasteiger partial charge in [-0.3, -0.25) is 14.4 Å². The van der Waals surface area contributed by atoms with Gasteiger partial charge in [0.25, 0.3) is 5.91 Å². The van der Waals surface area contributed by atoms with E-state index < -0.39 is 54.1 Å². The first kappa shape index (κ1) is 33.8. The molecule has 0 radical (unpaired) electrons. The van der Waals surface area contributed by atoms with Crippen LogP contribution in [0.25, 0.3) is 0 Å². The SMILES string of the molecule is CO[C@H]1[C@H](C)/C=C(\C)[C@H](OC(N)=O)[C@@H](OC)/C=C/C=C(/C)C(=O)NC2=CC(=O)C=C(C2=O)[C@H](OC)[C@H](C)C[C@@H]1OC. The number of carbonyl (C=O) groups is 4. The summed E-state index contributed by atoms with van der Waals surface area (Å²) in [5.41, 5.74) is 6.29. The predicted octanol–water partition coefficient (Wildman–Crippen LogP) is 2.71. The van der Waals surface area contributed by atoms with Gasteiger partial charge in [-0.15, -0.1) is 0 Å². The van der Waals surface area contributed by atoms with E-state index in [1.54, 1.807) is 40.2 Å². The number of amides is 2. The lowest BCUT2D eigenvalue weighted by atomic mass is 9.84. The highest BCUT2D eigenvalue weighted by atomic mass is 16.6. The molecule has 0 saturated heterocycles. The molecule has 11 nitrogen and oxygen atoms in total.